The molecular formula is C24H20F2N4O3. The Hall–Kier alpha value is -4.06. The number of pyridine rings is 1. The first-order valence-corrected chi connectivity index (χ1v) is 10.2. The molecular weight excluding hydrogens is 430 g/mol. The second-order valence-electron chi connectivity index (χ2n) is 7.70. The van der Waals surface area contributed by atoms with E-state index in [2.05, 4.69) is 10.3 Å². The normalized spacial score (nSPS) is 16.9. The molecule has 2 heterocycles. The van der Waals surface area contributed by atoms with E-state index in [0.29, 0.717) is 22.2 Å². The first-order valence-electron chi connectivity index (χ1n) is 10.2. The van der Waals surface area contributed by atoms with Crippen LogP contribution in [0.15, 0.2) is 54.7 Å². The van der Waals surface area contributed by atoms with Crippen LogP contribution >= 0.6 is 0 Å². The second kappa shape index (κ2) is 8.82. The lowest BCUT2D eigenvalue weighted by atomic mass is 10.0. The van der Waals surface area contributed by atoms with E-state index in [1.165, 1.54) is 12.3 Å². The molecule has 9 heteroatoms. The molecule has 7 nitrogen and oxygen atoms in total. The number of rotatable bonds is 5. The monoisotopic (exact) mass is 450 g/mol. The van der Waals surface area contributed by atoms with Crippen molar-refractivity contribution < 1.29 is 23.1 Å². The van der Waals surface area contributed by atoms with E-state index in [4.69, 9.17) is 10.00 Å². The lowest BCUT2D eigenvalue weighted by Crippen LogP contribution is -2.43. The Labute approximate surface area is 188 Å². The third-order valence-corrected chi connectivity index (χ3v) is 5.54. The molecule has 2 aromatic carbocycles. The summed E-state index contributed by atoms with van der Waals surface area (Å²) in [6.07, 6.45) is 0.782. The molecule has 0 radical (unpaired) electrons. The second-order valence-corrected chi connectivity index (χ2v) is 7.70. The zero-order valence-corrected chi connectivity index (χ0v) is 17.7. The predicted molar refractivity (Wildman–Crippen MR) is 117 cm³/mol. The molecule has 1 saturated heterocycles. The summed E-state index contributed by atoms with van der Waals surface area (Å²) in [6, 6.07) is 15.0. The number of nitriles is 1. The van der Waals surface area contributed by atoms with Crippen LogP contribution < -0.4 is 10.1 Å². The van der Waals surface area contributed by atoms with E-state index in [1.807, 2.05) is 36.4 Å². The number of halogens is 2. The zero-order valence-electron chi connectivity index (χ0n) is 17.7. The highest BCUT2D eigenvalue weighted by Gasteiger charge is 2.47. The van der Waals surface area contributed by atoms with Crippen molar-refractivity contribution in [1.29, 1.82) is 5.26 Å². The van der Waals surface area contributed by atoms with Gasteiger partial charge >= 0.3 is 0 Å². The van der Waals surface area contributed by atoms with Crippen molar-refractivity contribution >= 4 is 22.7 Å². The Morgan fingerprint density at radius 1 is 1.27 bits per heavy atom. The van der Waals surface area contributed by atoms with Gasteiger partial charge in [-0.2, -0.15) is 5.26 Å². The third kappa shape index (κ3) is 4.46. The summed E-state index contributed by atoms with van der Waals surface area (Å²) >= 11 is 0. The van der Waals surface area contributed by atoms with Gasteiger partial charge in [0.1, 0.15) is 11.8 Å². The topological polar surface area (TPSA) is 95.3 Å². The van der Waals surface area contributed by atoms with Gasteiger partial charge in [0, 0.05) is 23.6 Å². The maximum atomic E-state index is 13.6. The smallest absolute Gasteiger partial charge is 0.268 e. The first-order chi connectivity index (χ1) is 15.8. The molecule has 1 atom stereocenters. The van der Waals surface area contributed by atoms with Gasteiger partial charge in [0.2, 0.25) is 5.91 Å². The van der Waals surface area contributed by atoms with E-state index in [1.54, 1.807) is 19.2 Å². The number of para-hydroxylation sites is 1. The van der Waals surface area contributed by atoms with Crippen LogP contribution in [0.25, 0.3) is 22.0 Å². The Morgan fingerprint density at radius 3 is 2.82 bits per heavy atom. The molecule has 1 unspecified atom stereocenters. The van der Waals surface area contributed by atoms with Gasteiger partial charge in [0.25, 0.3) is 11.8 Å². The van der Waals surface area contributed by atoms with Gasteiger partial charge in [0.05, 0.1) is 37.3 Å². The van der Waals surface area contributed by atoms with Crippen molar-refractivity contribution in [3.8, 4) is 22.9 Å². The molecule has 0 bridgehead atoms. The molecule has 4 rings (SSSR count). The maximum absolute atomic E-state index is 13.6. The van der Waals surface area contributed by atoms with Gasteiger partial charge in [-0.15, -0.1) is 0 Å². The van der Waals surface area contributed by atoms with Crippen LogP contribution in [0.1, 0.15) is 16.8 Å². The lowest BCUT2D eigenvalue weighted by molar-refractivity contribution is -0.131. The summed E-state index contributed by atoms with van der Waals surface area (Å²) in [5, 5.41) is 12.1. The number of nitrogens with zero attached hydrogens (tertiary/aromatic N) is 3. The van der Waals surface area contributed by atoms with E-state index < -0.39 is 43.3 Å². The van der Waals surface area contributed by atoms with Crippen LogP contribution in [0.5, 0.6) is 5.75 Å². The molecule has 1 fully saturated rings. The number of alkyl halides is 2. The first kappa shape index (κ1) is 22.1. The van der Waals surface area contributed by atoms with Crippen LogP contribution in [0.2, 0.25) is 0 Å². The number of ether oxygens (including phenoxy) is 1. The minimum absolute atomic E-state index is 0.294. The van der Waals surface area contributed by atoms with Gasteiger partial charge < -0.3 is 15.0 Å². The summed E-state index contributed by atoms with van der Waals surface area (Å²) < 4.78 is 32.6. The molecule has 1 aliphatic heterocycles. The summed E-state index contributed by atoms with van der Waals surface area (Å²) in [5.74, 6) is -3.68. The Kier molecular flexibility index (Phi) is 5.92. The van der Waals surface area contributed by atoms with Crippen molar-refractivity contribution in [2.24, 2.45) is 0 Å². The number of aromatic nitrogens is 1. The van der Waals surface area contributed by atoms with E-state index in [-0.39, 0.29) is 0 Å². The fraction of sp³-hybridized carbons (Fsp3) is 0.250. The van der Waals surface area contributed by atoms with E-state index in [9.17, 15) is 18.4 Å². The largest absolute Gasteiger partial charge is 0.496 e. The van der Waals surface area contributed by atoms with Crippen molar-refractivity contribution in [3.05, 3.63) is 60.3 Å². The number of methoxy groups -OCH3 is 1. The summed E-state index contributed by atoms with van der Waals surface area (Å²) in [4.78, 5) is 30.3. The summed E-state index contributed by atoms with van der Waals surface area (Å²) in [5.41, 5.74) is 2.60. The molecule has 0 spiro atoms. The van der Waals surface area contributed by atoms with Gasteiger partial charge in [0.15, 0.2) is 0 Å². The predicted octanol–water partition coefficient (Wildman–Crippen LogP) is 3.40. The number of fused-ring (bicyclic) bond motifs is 1. The van der Waals surface area contributed by atoms with Crippen LogP contribution in [0.3, 0.4) is 0 Å². The van der Waals surface area contributed by atoms with Gasteiger partial charge in [-0.05, 0) is 23.8 Å². The minimum Gasteiger partial charge on any atom is -0.496 e. The maximum Gasteiger partial charge on any atom is 0.268 e. The molecule has 33 heavy (non-hydrogen) atoms. The Morgan fingerprint density at radius 2 is 2.06 bits per heavy atom. The molecule has 0 aliphatic carbocycles. The van der Waals surface area contributed by atoms with Crippen LogP contribution in [-0.2, 0) is 4.79 Å². The van der Waals surface area contributed by atoms with Crippen molar-refractivity contribution in [1.82, 2.24) is 15.2 Å². The molecule has 0 saturated carbocycles. The lowest BCUT2D eigenvalue weighted by Gasteiger charge is -2.19. The molecule has 2 amide bonds. The van der Waals surface area contributed by atoms with Crippen molar-refractivity contribution in [2.45, 2.75) is 18.4 Å². The molecule has 1 aromatic heterocycles. The third-order valence-electron chi connectivity index (χ3n) is 5.54. The number of amides is 2. The Balaban J connectivity index is 1.53. The minimum atomic E-state index is -3.11. The highest BCUT2D eigenvalue weighted by Crippen LogP contribution is 2.33. The fourth-order valence-corrected chi connectivity index (χ4v) is 3.94. The summed E-state index contributed by atoms with van der Waals surface area (Å²) in [7, 11) is 1.59. The molecule has 3 aromatic rings. The number of carbonyl (C=O) groups excluding carboxylic acids is 2. The number of carbonyl (C=O) groups is 2. The zero-order chi connectivity index (χ0) is 23.6. The molecule has 1 aliphatic rings. The molecule has 168 valence electrons. The quantitative estimate of drug-likeness (QED) is 0.643. The van der Waals surface area contributed by atoms with Crippen LogP contribution in [0, 0.1) is 11.3 Å². The van der Waals surface area contributed by atoms with E-state index >= 15 is 0 Å². The number of hydrogen-bond donors (Lipinski definition) is 1. The Bertz CT molecular complexity index is 1270. The van der Waals surface area contributed by atoms with Gasteiger partial charge in [-0.1, -0.05) is 30.3 Å². The van der Waals surface area contributed by atoms with Crippen molar-refractivity contribution in [3.63, 3.8) is 0 Å². The number of likely N-dealkylation sites (tertiary alicyclic amines) is 1. The van der Waals surface area contributed by atoms with Crippen LogP contribution in [0.4, 0.5) is 8.78 Å². The average molecular weight is 450 g/mol. The van der Waals surface area contributed by atoms with Crippen molar-refractivity contribution in [2.75, 3.05) is 20.2 Å². The SMILES string of the molecule is COc1ccccc1-c1ccc2c(C(=O)NCC(=O)N3CC(F)(F)CC3C#N)ccnc2c1. The standard InChI is InChI=1S/C24H20F2N4O3/c1-33-21-5-3-2-4-17(21)15-6-7-18-19(8-9-28-20(18)10-15)23(32)29-13-22(31)30-14-24(25,26)11-16(30)12-27/h2-10,16H,11,13-14H2,1H3,(H,29,32). The number of benzene rings is 2. The summed E-state index contributed by atoms with van der Waals surface area (Å²) in [6.45, 7) is -1.32. The highest BCUT2D eigenvalue weighted by atomic mass is 19.3. The van der Waals surface area contributed by atoms with E-state index in [0.717, 1.165) is 16.0 Å². The average Bonchev–Trinajstić information content (AvgIpc) is 3.16. The molecule has 1 N–H and O–H groups in total. The highest BCUT2D eigenvalue weighted by molar-refractivity contribution is 6.07. The van der Waals surface area contributed by atoms with Gasteiger partial charge in [-0.25, -0.2) is 8.78 Å². The number of hydrogen-bond acceptors (Lipinski definition) is 5. The number of nitrogens with one attached hydrogen (secondary N) is 1. The fourth-order valence-electron chi connectivity index (χ4n) is 3.94. The van der Waals surface area contributed by atoms with Crippen LogP contribution in [-0.4, -0.2) is 53.9 Å². The van der Waals surface area contributed by atoms with Gasteiger partial charge in [-0.3, -0.25) is 14.6 Å².